The highest BCUT2D eigenvalue weighted by Gasteiger charge is 2.45. The normalized spacial score (nSPS) is 19.6. The molecule has 0 saturated carbocycles. The van der Waals surface area contributed by atoms with E-state index in [4.69, 9.17) is 33.2 Å². The van der Waals surface area contributed by atoms with E-state index >= 15 is 4.39 Å². The molecule has 0 spiro atoms. The first-order valence-corrected chi connectivity index (χ1v) is 20.3. The predicted molar refractivity (Wildman–Crippen MR) is 191 cm³/mol. The van der Waals surface area contributed by atoms with Gasteiger partial charge in [0, 0.05) is 21.3 Å². The van der Waals surface area contributed by atoms with Crippen LogP contribution in [-0.4, -0.2) is 77.4 Å². The van der Waals surface area contributed by atoms with Crippen molar-refractivity contribution >= 4 is 26.1 Å². The number of methoxy groups -OCH3 is 2. The van der Waals surface area contributed by atoms with Crippen LogP contribution < -0.4 is 9.47 Å². The highest BCUT2D eigenvalue weighted by atomic mass is 28.3. The van der Waals surface area contributed by atoms with Gasteiger partial charge in [-0.1, -0.05) is 63.8 Å². The largest absolute Gasteiger partial charge is 0.497 e. The average Bonchev–Trinajstić information content (AvgIpc) is 3.34. The molecule has 3 unspecified atom stereocenters. The van der Waals surface area contributed by atoms with Crippen molar-refractivity contribution in [2.75, 3.05) is 27.6 Å². The van der Waals surface area contributed by atoms with Crippen LogP contribution in [0.4, 0.5) is 4.39 Å². The van der Waals surface area contributed by atoms with Gasteiger partial charge in [0.15, 0.2) is 12.6 Å². The van der Waals surface area contributed by atoms with E-state index in [0.29, 0.717) is 29.9 Å². The van der Waals surface area contributed by atoms with E-state index in [9.17, 15) is 9.59 Å². The molecule has 1 saturated heterocycles. The molecular weight excluding hydrogens is 647 g/mol. The number of hydrogen-bond donors (Lipinski definition) is 0. The van der Waals surface area contributed by atoms with Gasteiger partial charge in [-0.2, -0.15) is 0 Å². The molecule has 0 N–H and O–H groups in total. The van der Waals surface area contributed by atoms with Gasteiger partial charge in [0.1, 0.15) is 34.9 Å². The fraction of sp³-hybridized carbons (Fsp3) is 0.526. The number of benzene rings is 2. The molecule has 1 fully saturated rings. The number of alkyl halides is 1. The molecule has 11 heteroatoms. The van der Waals surface area contributed by atoms with Crippen molar-refractivity contribution in [3.63, 3.8) is 0 Å². The van der Waals surface area contributed by atoms with Crippen LogP contribution >= 0.6 is 0 Å². The van der Waals surface area contributed by atoms with Crippen molar-refractivity contribution < 1.29 is 47.1 Å². The monoisotopic (exact) mass is 700 g/mol. The smallest absolute Gasteiger partial charge is 0.342 e. The summed E-state index contributed by atoms with van der Waals surface area (Å²) in [6.45, 7) is 15.4. The van der Waals surface area contributed by atoms with Crippen molar-refractivity contribution in [2.24, 2.45) is 5.92 Å². The molecule has 0 bridgehead atoms. The lowest BCUT2D eigenvalue weighted by molar-refractivity contribution is -0.152. The quantitative estimate of drug-likeness (QED) is 0.0699. The van der Waals surface area contributed by atoms with Crippen LogP contribution in [0.25, 0.3) is 6.08 Å². The van der Waals surface area contributed by atoms with Gasteiger partial charge >= 0.3 is 11.9 Å². The van der Waals surface area contributed by atoms with E-state index in [0.717, 1.165) is 6.04 Å². The second-order valence-electron chi connectivity index (χ2n) is 14.3. The van der Waals surface area contributed by atoms with Crippen molar-refractivity contribution in [1.29, 1.82) is 0 Å². The maximum atomic E-state index is 15.4. The highest BCUT2D eigenvalue weighted by molar-refractivity contribution is 6.76. The average molecular weight is 701 g/mol. The minimum absolute atomic E-state index is 0.0825. The number of allylic oxidation sites excluding steroid dienone is 1. The standard InChI is InChI=1S/C38H53FO9Si/c1-26(2)38(5,39)20-19-30(46-35(40)27-15-12-11-13-16-27)34-31(47-37(3,4)48-34)18-14-17-28-23-29(43-7)24-32(45-25-42-6)33(28)36(41)44-21-22-49(8,9)10/h11-17,19-20,23-24,26,30-31,34H,18,21-22,25H2,1-10H3/b17-14+,20-19-/t30?,31-,34?,38?/m0/s1. The number of esters is 2. The summed E-state index contributed by atoms with van der Waals surface area (Å²) in [6.07, 6.45) is 4.52. The molecule has 3 rings (SSSR count). The Kier molecular flexibility index (Phi) is 14.2. The van der Waals surface area contributed by atoms with Gasteiger partial charge in [0.25, 0.3) is 0 Å². The molecule has 1 aliphatic rings. The maximum absolute atomic E-state index is 15.4. The molecule has 4 atom stereocenters. The zero-order valence-electron chi connectivity index (χ0n) is 30.5. The Hall–Kier alpha value is -3.51. The van der Waals surface area contributed by atoms with Crippen molar-refractivity contribution in [3.8, 4) is 11.5 Å². The molecule has 9 nitrogen and oxygen atoms in total. The Labute approximate surface area is 291 Å². The number of hydrogen-bond acceptors (Lipinski definition) is 9. The molecule has 270 valence electrons. The minimum atomic E-state index is -1.66. The molecule has 0 radical (unpaired) electrons. The third-order valence-electron chi connectivity index (χ3n) is 8.17. The number of ether oxygens (including phenoxy) is 7. The number of carbonyl (C=O) groups excluding carboxylic acids is 2. The Morgan fingerprint density at radius 2 is 1.76 bits per heavy atom. The van der Waals surface area contributed by atoms with E-state index in [-0.39, 0.29) is 24.0 Å². The number of halogens is 1. The van der Waals surface area contributed by atoms with Crippen LogP contribution in [-0.2, 0) is 23.7 Å². The van der Waals surface area contributed by atoms with E-state index in [2.05, 4.69) is 19.6 Å². The van der Waals surface area contributed by atoms with E-state index in [1.165, 1.54) is 27.2 Å². The van der Waals surface area contributed by atoms with Gasteiger partial charge in [-0.05, 0) is 75.1 Å². The van der Waals surface area contributed by atoms with Gasteiger partial charge in [-0.3, -0.25) is 0 Å². The fourth-order valence-corrected chi connectivity index (χ4v) is 5.66. The highest BCUT2D eigenvalue weighted by Crippen LogP contribution is 2.36. The summed E-state index contributed by atoms with van der Waals surface area (Å²) in [5.41, 5.74) is -0.554. The van der Waals surface area contributed by atoms with E-state index in [1.807, 2.05) is 6.08 Å². The van der Waals surface area contributed by atoms with Crippen molar-refractivity contribution in [3.05, 3.63) is 77.4 Å². The summed E-state index contributed by atoms with van der Waals surface area (Å²) in [5, 5.41) is 0. The van der Waals surface area contributed by atoms with Crippen LogP contribution in [0.5, 0.6) is 11.5 Å². The maximum Gasteiger partial charge on any atom is 0.342 e. The van der Waals surface area contributed by atoms with Crippen LogP contribution in [0.15, 0.2) is 60.7 Å². The van der Waals surface area contributed by atoms with Gasteiger partial charge in [-0.15, -0.1) is 0 Å². The van der Waals surface area contributed by atoms with Gasteiger partial charge in [0.05, 0.1) is 25.4 Å². The lowest BCUT2D eigenvalue weighted by Crippen LogP contribution is -2.38. The summed E-state index contributed by atoms with van der Waals surface area (Å²) in [5.74, 6) is -1.70. The van der Waals surface area contributed by atoms with Crippen LogP contribution in [0.3, 0.4) is 0 Å². The number of carbonyl (C=O) groups is 2. The summed E-state index contributed by atoms with van der Waals surface area (Å²) in [7, 11) is 1.57. The minimum Gasteiger partial charge on any atom is -0.497 e. The molecule has 1 aliphatic heterocycles. The van der Waals surface area contributed by atoms with E-state index in [1.54, 1.807) is 82.3 Å². The van der Waals surface area contributed by atoms with Crippen LogP contribution in [0, 0.1) is 5.92 Å². The third-order valence-corrected chi connectivity index (χ3v) is 9.87. The molecule has 0 aliphatic carbocycles. The molecule has 2 aromatic rings. The van der Waals surface area contributed by atoms with E-state index < -0.39 is 49.8 Å². The molecular formula is C38H53FO9Si. The van der Waals surface area contributed by atoms with Crippen molar-refractivity contribution in [2.45, 2.75) is 96.5 Å². The summed E-state index contributed by atoms with van der Waals surface area (Å²) in [6, 6.07) is 12.7. The number of rotatable bonds is 17. The summed E-state index contributed by atoms with van der Waals surface area (Å²) >= 11 is 0. The fourth-order valence-electron chi connectivity index (χ4n) is 4.95. The topological polar surface area (TPSA) is 98.8 Å². The lowest BCUT2D eigenvalue weighted by Gasteiger charge is -2.26. The second-order valence-corrected chi connectivity index (χ2v) is 19.9. The Bertz CT molecular complexity index is 1450. The summed E-state index contributed by atoms with van der Waals surface area (Å²) < 4.78 is 56.0. The lowest BCUT2D eigenvalue weighted by atomic mass is 9.92. The molecule has 0 aromatic heterocycles. The predicted octanol–water partition coefficient (Wildman–Crippen LogP) is 8.26. The first kappa shape index (κ1) is 39.9. The zero-order valence-corrected chi connectivity index (χ0v) is 31.5. The molecule has 49 heavy (non-hydrogen) atoms. The first-order chi connectivity index (χ1) is 23.0. The first-order valence-electron chi connectivity index (χ1n) is 16.6. The van der Waals surface area contributed by atoms with Crippen molar-refractivity contribution in [1.82, 2.24) is 0 Å². The SMILES string of the molecule is COCOc1cc(OC)cc(/C=C/C[C@@H]2OC(C)(C)OC2C(/C=C\C(C)(F)C(C)C)OC(=O)c2ccccc2)c1C(=O)OCC[Si](C)(C)C. The molecule has 1 heterocycles. The second kappa shape index (κ2) is 17.4. The van der Waals surface area contributed by atoms with Gasteiger partial charge in [-0.25, -0.2) is 14.0 Å². The zero-order chi connectivity index (χ0) is 36.4. The van der Waals surface area contributed by atoms with Gasteiger partial charge < -0.3 is 33.2 Å². The molecule has 0 amide bonds. The van der Waals surface area contributed by atoms with Crippen LogP contribution in [0.1, 0.15) is 67.3 Å². The van der Waals surface area contributed by atoms with Crippen LogP contribution in [0.2, 0.25) is 25.7 Å². The summed E-state index contributed by atoms with van der Waals surface area (Å²) in [4.78, 5) is 26.7. The van der Waals surface area contributed by atoms with Gasteiger partial charge in [0.2, 0.25) is 0 Å². The Morgan fingerprint density at radius 1 is 1.06 bits per heavy atom. The Balaban J connectivity index is 1.96. The Morgan fingerprint density at radius 3 is 2.37 bits per heavy atom. The molecule has 2 aromatic carbocycles. The third kappa shape index (κ3) is 12.1.